The van der Waals surface area contributed by atoms with Gasteiger partial charge in [-0.05, 0) is 51.6 Å². The zero-order valence-corrected chi connectivity index (χ0v) is 11.8. The number of benzene rings is 1. The maximum Gasteiger partial charge on any atom is 0.412 e. The van der Waals surface area contributed by atoms with Gasteiger partial charge in [-0.2, -0.15) is 0 Å². The van der Waals surface area contributed by atoms with Gasteiger partial charge in [-0.15, -0.1) is 11.8 Å². The molecule has 1 aromatic carbocycles. The Bertz CT molecular complexity index is 410. The van der Waals surface area contributed by atoms with Crippen molar-refractivity contribution in [1.82, 2.24) is 0 Å². The highest BCUT2D eigenvalue weighted by molar-refractivity contribution is 7.98. The lowest BCUT2D eigenvalue weighted by Crippen LogP contribution is -2.27. The number of aryl methyl sites for hydroxylation is 1. The summed E-state index contributed by atoms with van der Waals surface area (Å²) >= 11 is 1.66. The summed E-state index contributed by atoms with van der Waals surface area (Å²) in [6.45, 7) is 7.57. The van der Waals surface area contributed by atoms with Gasteiger partial charge in [0, 0.05) is 10.6 Å². The molecule has 0 saturated heterocycles. The zero-order valence-electron chi connectivity index (χ0n) is 11.0. The fraction of sp³-hybridized carbons (Fsp3) is 0.462. The van der Waals surface area contributed by atoms with E-state index in [2.05, 4.69) is 5.32 Å². The number of amides is 1. The van der Waals surface area contributed by atoms with E-state index in [-0.39, 0.29) is 0 Å². The summed E-state index contributed by atoms with van der Waals surface area (Å²) in [5.74, 6) is 0. The van der Waals surface area contributed by atoms with E-state index >= 15 is 0 Å². The molecule has 0 radical (unpaired) electrons. The highest BCUT2D eigenvalue weighted by atomic mass is 32.2. The van der Waals surface area contributed by atoms with Gasteiger partial charge in [-0.3, -0.25) is 5.32 Å². The van der Waals surface area contributed by atoms with Gasteiger partial charge in [0.15, 0.2) is 0 Å². The number of nitrogens with one attached hydrogen (secondary N) is 1. The minimum Gasteiger partial charge on any atom is -0.444 e. The van der Waals surface area contributed by atoms with Gasteiger partial charge < -0.3 is 4.74 Å². The van der Waals surface area contributed by atoms with E-state index in [1.807, 2.05) is 52.1 Å². The summed E-state index contributed by atoms with van der Waals surface area (Å²) in [5, 5.41) is 2.73. The van der Waals surface area contributed by atoms with Gasteiger partial charge in [0.2, 0.25) is 0 Å². The van der Waals surface area contributed by atoms with Crippen LogP contribution in [-0.2, 0) is 4.74 Å². The lowest BCUT2D eigenvalue weighted by Gasteiger charge is -2.19. The van der Waals surface area contributed by atoms with E-state index in [4.69, 9.17) is 4.74 Å². The summed E-state index contributed by atoms with van der Waals surface area (Å²) in [4.78, 5) is 12.7. The zero-order chi connectivity index (χ0) is 13.1. The predicted octanol–water partition coefficient (Wildman–Crippen LogP) is 4.06. The van der Waals surface area contributed by atoms with Crippen LogP contribution in [0.15, 0.2) is 23.1 Å². The predicted molar refractivity (Wildman–Crippen MR) is 72.8 cm³/mol. The topological polar surface area (TPSA) is 38.3 Å². The maximum atomic E-state index is 11.6. The van der Waals surface area contributed by atoms with Crippen LogP contribution in [0, 0.1) is 6.92 Å². The van der Waals surface area contributed by atoms with E-state index in [1.54, 1.807) is 11.8 Å². The van der Waals surface area contributed by atoms with Crippen molar-refractivity contribution in [2.75, 3.05) is 11.6 Å². The van der Waals surface area contributed by atoms with E-state index < -0.39 is 11.7 Å². The lowest BCUT2D eigenvalue weighted by atomic mass is 10.2. The highest BCUT2D eigenvalue weighted by Crippen LogP contribution is 2.23. The molecule has 1 amide bonds. The van der Waals surface area contributed by atoms with Crippen LogP contribution in [0.2, 0.25) is 0 Å². The Labute approximate surface area is 107 Å². The minimum absolute atomic E-state index is 0.423. The van der Waals surface area contributed by atoms with Crippen molar-refractivity contribution in [3.63, 3.8) is 0 Å². The van der Waals surface area contributed by atoms with Crippen LogP contribution >= 0.6 is 11.8 Å². The first-order valence-corrected chi connectivity index (χ1v) is 6.69. The Kier molecular flexibility index (Phi) is 4.46. The van der Waals surface area contributed by atoms with Crippen LogP contribution in [0.1, 0.15) is 26.3 Å². The fourth-order valence-electron chi connectivity index (χ4n) is 1.32. The van der Waals surface area contributed by atoms with Crippen molar-refractivity contribution in [3.8, 4) is 0 Å². The minimum atomic E-state index is -0.475. The molecule has 3 nitrogen and oxygen atoms in total. The van der Waals surface area contributed by atoms with Crippen molar-refractivity contribution >= 4 is 23.5 Å². The largest absolute Gasteiger partial charge is 0.444 e. The number of hydrogen-bond acceptors (Lipinski definition) is 3. The first-order chi connectivity index (χ1) is 7.81. The first-order valence-electron chi connectivity index (χ1n) is 5.46. The Balaban J connectivity index is 2.72. The van der Waals surface area contributed by atoms with Gasteiger partial charge in [0.1, 0.15) is 5.60 Å². The molecule has 0 aliphatic rings. The number of anilines is 1. The molecule has 0 atom stereocenters. The van der Waals surface area contributed by atoms with E-state index in [9.17, 15) is 4.79 Å². The molecule has 0 aliphatic heterocycles. The Morgan fingerprint density at radius 3 is 2.53 bits per heavy atom. The molecule has 0 fully saturated rings. The number of carbonyl (C=O) groups is 1. The Hall–Kier alpha value is -1.16. The third kappa shape index (κ3) is 4.69. The molecule has 4 heteroatoms. The van der Waals surface area contributed by atoms with Gasteiger partial charge in [0.05, 0.1) is 0 Å². The number of thioether (sulfide) groups is 1. The lowest BCUT2D eigenvalue weighted by molar-refractivity contribution is 0.0636. The van der Waals surface area contributed by atoms with Gasteiger partial charge in [-0.1, -0.05) is 6.07 Å². The summed E-state index contributed by atoms with van der Waals surface area (Å²) in [7, 11) is 0. The molecule has 94 valence electrons. The van der Waals surface area contributed by atoms with E-state index in [0.717, 1.165) is 10.6 Å². The van der Waals surface area contributed by atoms with Crippen molar-refractivity contribution in [1.29, 1.82) is 0 Å². The van der Waals surface area contributed by atoms with Crippen LogP contribution in [0.3, 0.4) is 0 Å². The smallest absolute Gasteiger partial charge is 0.412 e. The van der Waals surface area contributed by atoms with Crippen molar-refractivity contribution in [3.05, 3.63) is 23.8 Å². The van der Waals surface area contributed by atoms with Crippen LogP contribution in [0.4, 0.5) is 10.5 Å². The van der Waals surface area contributed by atoms with Crippen LogP contribution < -0.4 is 5.32 Å². The van der Waals surface area contributed by atoms with Gasteiger partial charge in [-0.25, -0.2) is 4.79 Å². The SMILES string of the molecule is CSc1cc(NC(=O)OC(C)(C)C)ccc1C. The van der Waals surface area contributed by atoms with Gasteiger partial charge >= 0.3 is 6.09 Å². The Morgan fingerprint density at radius 1 is 1.35 bits per heavy atom. The second-order valence-electron chi connectivity index (χ2n) is 4.81. The second-order valence-corrected chi connectivity index (χ2v) is 5.66. The molecule has 0 unspecified atom stereocenters. The molecule has 1 N–H and O–H groups in total. The number of ether oxygens (including phenoxy) is 1. The Morgan fingerprint density at radius 2 is 2.00 bits per heavy atom. The quantitative estimate of drug-likeness (QED) is 0.808. The monoisotopic (exact) mass is 253 g/mol. The normalized spacial score (nSPS) is 11.1. The number of rotatable bonds is 2. The number of hydrogen-bond donors (Lipinski definition) is 1. The van der Waals surface area contributed by atoms with E-state index in [1.165, 1.54) is 5.56 Å². The highest BCUT2D eigenvalue weighted by Gasteiger charge is 2.16. The van der Waals surface area contributed by atoms with Crippen molar-refractivity contribution in [2.24, 2.45) is 0 Å². The molecular formula is C13H19NO2S. The average molecular weight is 253 g/mol. The molecular weight excluding hydrogens is 234 g/mol. The molecule has 17 heavy (non-hydrogen) atoms. The van der Waals surface area contributed by atoms with Crippen LogP contribution in [-0.4, -0.2) is 18.0 Å². The third-order valence-electron chi connectivity index (χ3n) is 2.05. The molecule has 0 bridgehead atoms. The molecule has 0 aromatic heterocycles. The number of carbonyl (C=O) groups excluding carboxylic acids is 1. The summed E-state index contributed by atoms with van der Waals surface area (Å²) in [6.07, 6.45) is 1.59. The molecule has 0 aliphatic carbocycles. The summed E-state index contributed by atoms with van der Waals surface area (Å²) < 4.78 is 5.19. The molecule has 1 aromatic rings. The molecule has 0 saturated carbocycles. The van der Waals surface area contributed by atoms with Gasteiger partial charge in [0.25, 0.3) is 0 Å². The second kappa shape index (κ2) is 5.45. The third-order valence-corrected chi connectivity index (χ3v) is 2.93. The van der Waals surface area contributed by atoms with Crippen LogP contribution in [0.25, 0.3) is 0 Å². The van der Waals surface area contributed by atoms with E-state index in [0.29, 0.717) is 0 Å². The fourth-order valence-corrected chi connectivity index (χ4v) is 1.95. The summed E-state index contributed by atoms with van der Waals surface area (Å²) in [6, 6.07) is 5.81. The first kappa shape index (κ1) is 13.9. The standard InChI is InChI=1S/C13H19NO2S/c1-9-6-7-10(8-11(9)17-5)14-12(15)16-13(2,3)4/h6-8H,1-5H3,(H,14,15). The molecule has 0 spiro atoms. The average Bonchev–Trinajstić information content (AvgIpc) is 2.18. The van der Waals surface area contributed by atoms with Crippen molar-refractivity contribution < 1.29 is 9.53 Å². The maximum absolute atomic E-state index is 11.6. The molecule has 0 heterocycles. The summed E-state index contributed by atoms with van der Waals surface area (Å²) in [5.41, 5.74) is 1.48. The molecule has 1 rings (SSSR count). The van der Waals surface area contributed by atoms with Crippen molar-refractivity contribution in [2.45, 2.75) is 38.2 Å². The van der Waals surface area contributed by atoms with Crippen LogP contribution in [0.5, 0.6) is 0 Å².